The van der Waals surface area contributed by atoms with Crippen LogP contribution in [0.25, 0.3) is 0 Å². The van der Waals surface area contributed by atoms with Crippen LogP contribution in [-0.2, 0) is 51.3 Å². The van der Waals surface area contributed by atoms with Crippen LogP contribution in [-0.4, -0.2) is 154 Å². The van der Waals surface area contributed by atoms with E-state index in [4.69, 9.17) is 28.7 Å². The van der Waals surface area contributed by atoms with Gasteiger partial charge in [-0.25, -0.2) is 28.1 Å². The van der Waals surface area contributed by atoms with E-state index in [2.05, 4.69) is 30.0 Å². The van der Waals surface area contributed by atoms with E-state index in [1.807, 2.05) is 0 Å². The molecule has 2 aliphatic rings. The van der Waals surface area contributed by atoms with Crippen molar-refractivity contribution < 1.29 is 90.2 Å². The molecule has 0 spiro atoms. The second-order valence-corrected chi connectivity index (χ2v) is 21.8. The molecule has 5 rings (SSSR count). The predicted octanol–water partition coefficient (Wildman–Crippen LogP) is 3.15. The standard InChI is InChI=1S/C48H64FN11O12S2.HI/c1-46(2,3)70-43(64)53-42-52-36(55-74-42)33(54-69-27-49)38(61)51-34-39(62)60-35(41(63)68-25-29-17-19-31(67-13)20-18-29)30(26-73-40(34)60)24-58-22-14-16-32(37(58)50-28-56(10)11)59(45(66)72-48(7,8)9)23-15-21-57(12)44(65)71-47(4,5)6;/h14,16-20,22,28,34,40H,15,21,23-27H2,1-13H3,(H-,51,52,53,55,61,64);1H/b54-33-;. The van der Waals surface area contributed by atoms with Gasteiger partial charge in [-0.1, -0.05) is 17.3 Å². The highest BCUT2D eigenvalue weighted by Crippen LogP contribution is 2.41. The van der Waals surface area contributed by atoms with Gasteiger partial charge in [-0.2, -0.15) is 9.36 Å². The molecule has 27 heteroatoms. The molecule has 3 aromatic rings. The van der Waals surface area contributed by atoms with Crippen molar-refractivity contribution in [2.24, 2.45) is 10.1 Å². The van der Waals surface area contributed by atoms with Gasteiger partial charge >= 0.3 is 30.1 Å². The number of aliphatic imine (C=N–C) groups is 1. The Morgan fingerprint density at radius 3 is 2.20 bits per heavy atom. The highest BCUT2D eigenvalue weighted by molar-refractivity contribution is 8.00. The van der Waals surface area contributed by atoms with Crippen molar-refractivity contribution in [1.29, 1.82) is 0 Å². The number of β-lactam (4-membered cyclic amide) rings is 1. The van der Waals surface area contributed by atoms with E-state index in [0.29, 0.717) is 40.5 Å². The molecule has 2 unspecified atom stereocenters. The number of halogens is 2. The number of nitrogens with zero attached hydrogens (tertiary/aromatic N) is 9. The van der Waals surface area contributed by atoms with Crippen molar-refractivity contribution in [1.82, 2.24) is 29.4 Å². The Bertz CT molecular complexity index is 2630. The van der Waals surface area contributed by atoms with Crippen LogP contribution < -0.4 is 48.8 Å². The predicted molar refractivity (Wildman–Crippen MR) is 274 cm³/mol. The number of hydrogen-bond donors (Lipinski definition) is 2. The van der Waals surface area contributed by atoms with Crippen LogP contribution in [0, 0.1) is 0 Å². The lowest BCUT2D eigenvalue weighted by Gasteiger charge is -2.49. The first-order valence-corrected chi connectivity index (χ1v) is 25.1. The largest absolute Gasteiger partial charge is 1.00 e. The number of thioether (sulfide) groups is 1. The number of nitrogens with one attached hydrogen (secondary N) is 2. The molecule has 2 aromatic heterocycles. The molecule has 2 N–H and O–H groups in total. The summed E-state index contributed by atoms with van der Waals surface area (Å²) in [5, 5.41) is 7.66. The van der Waals surface area contributed by atoms with Crippen molar-refractivity contribution >= 4 is 88.0 Å². The normalized spacial score (nSPS) is 15.7. The Balaban J connectivity index is 0.0000122. The van der Waals surface area contributed by atoms with E-state index < -0.39 is 76.9 Å². The zero-order valence-corrected chi connectivity index (χ0v) is 48.0. The summed E-state index contributed by atoms with van der Waals surface area (Å²) in [6.45, 7) is 14.2. The fourth-order valence-corrected chi connectivity index (χ4v) is 8.78. The zero-order chi connectivity index (χ0) is 54.7. The van der Waals surface area contributed by atoms with Crippen LogP contribution in [0.15, 0.2) is 64.0 Å². The number of oxime groups is 1. The van der Waals surface area contributed by atoms with Crippen LogP contribution >= 0.6 is 23.3 Å². The Morgan fingerprint density at radius 1 is 0.933 bits per heavy atom. The van der Waals surface area contributed by atoms with E-state index in [1.165, 1.54) is 33.6 Å². The lowest BCUT2D eigenvalue weighted by Crippen LogP contribution is -3.00. The summed E-state index contributed by atoms with van der Waals surface area (Å²) < 4.78 is 46.9. The number of aromatic nitrogens is 3. The minimum atomic E-state index is -1.41. The minimum Gasteiger partial charge on any atom is -1.00 e. The Hall–Kier alpha value is -6.36. The van der Waals surface area contributed by atoms with E-state index in [1.54, 1.807) is 142 Å². The summed E-state index contributed by atoms with van der Waals surface area (Å²) in [6.07, 6.45) is 1.52. The summed E-state index contributed by atoms with van der Waals surface area (Å²) in [4.78, 5) is 101. The molecule has 0 bridgehead atoms. The van der Waals surface area contributed by atoms with E-state index in [-0.39, 0.29) is 78.4 Å². The first-order chi connectivity index (χ1) is 34.7. The van der Waals surface area contributed by atoms with Crippen LogP contribution in [0.1, 0.15) is 80.1 Å². The number of fused-ring (bicyclic) bond motifs is 1. The maximum absolute atomic E-state index is 14.4. The first-order valence-electron chi connectivity index (χ1n) is 23.2. The second-order valence-electron chi connectivity index (χ2n) is 19.9. The smallest absolute Gasteiger partial charge is 0.415 e. The van der Waals surface area contributed by atoms with Crippen molar-refractivity contribution in [2.45, 2.75) is 110 Å². The van der Waals surface area contributed by atoms with E-state index >= 15 is 0 Å². The molecule has 4 heterocycles. The highest BCUT2D eigenvalue weighted by Gasteiger charge is 2.55. The summed E-state index contributed by atoms with van der Waals surface area (Å²) in [5.41, 5.74) is -1.71. The number of hydrogen-bond acceptors (Lipinski definition) is 18. The van der Waals surface area contributed by atoms with Gasteiger partial charge in [0, 0.05) is 57.1 Å². The molecular formula is C48H65FIN11O12S2. The number of esters is 1. The van der Waals surface area contributed by atoms with Gasteiger partial charge in [-0.15, -0.1) is 11.8 Å². The molecule has 23 nitrogen and oxygen atoms in total. The number of ether oxygens (including phenoxy) is 5. The van der Waals surface area contributed by atoms with Gasteiger partial charge in [0.2, 0.25) is 23.0 Å². The van der Waals surface area contributed by atoms with Gasteiger partial charge in [-0.3, -0.25) is 24.7 Å². The quantitative estimate of drug-likeness (QED) is 0.0256. The fourth-order valence-electron chi connectivity index (χ4n) is 6.88. The summed E-state index contributed by atoms with van der Waals surface area (Å²) in [7, 11) is 6.67. The van der Waals surface area contributed by atoms with E-state index in [0.717, 1.165) is 0 Å². The zero-order valence-electron chi connectivity index (χ0n) is 44.2. The number of anilines is 2. The lowest BCUT2D eigenvalue weighted by atomic mass is 10.0. The Morgan fingerprint density at radius 2 is 1.59 bits per heavy atom. The fraction of sp³-hybridized carbons (Fsp3) is 0.521. The third-order valence-electron chi connectivity index (χ3n) is 10.0. The number of methoxy groups -OCH3 is 1. The van der Waals surface area contributed by atoms with Gasteiger partial charge in [0.05, 0.1) is 13.3 Å². The third kappa shape index (κ3) is 17.6. The number of alkyl halides is 1. The van der Waals surface area contributed by atoms with Crippen LogP contribution in [0.2, 0.25) is 0 Å². The summed E-state index contributed by atoms with van der Waals surface area (Å²) in [5.74, 6) is -1.88. The molecule has 0 aliphatic carbocycles. The average Bonchev–Trinajstić information content (AvgIpc) is 3.76. The molecule has 2 aliphatic heterocycles. The number of benzene rings is 1. The molecular weight excluding hydrogens is 1130 g/mol. The SMILES string of the molecule is COc1ccc(COC(=O)C2=C(C[n+]3cccc(N(CCCN(C)C(=O)OC(C)(C)C)C(=O)OC(C)(C)C)c3N=CN(C)C)CSC3C(NC(=O)/C(=N\OCF)c4nsc(NC(=O)OC(C)(C)C)n4)C(=O)N23)cc1.[I-]. The molecule has 1 aromatic carbocycles. The first kappa shape index (κ1) is 61.2. The second kappa shape index (κ2) is 26.4. The van der Waals surface area contributed by atoms with Crippen molar-refractivity contribution in [3.63, 3.8) is 0 Å². The molecule has 410 valence electrons. The lowest BCUT2D eigenvalue weighted by molar-refractivity contribution is -0.675. The maximum Gasteiger partial charge on any atom is 0.415 e. The molecule has 0 radical (unpaired) electrons. The van der Waals surface area contributed by atoms with Crippen LogP contribution in [0.3, 0.4) is 0 Å². The van der Waals surface area contributed by atoms with Crippen molar-refractivity contribution in [2.75, 3.05) is 64.2 Å². The number of carbonyl (C=O) groups excluding carboxylic acids is 6. The van der Waals surface area contributed by atoms with Gasteiger partial charge in [0.15, 0.2) is 0 Å². The Labute approximate surface area is 460 Å². The minimum absolute atomic E-state index is 0. The number of rotatable bonds is 19. The maximum atomic E-state index is 14.4. The molecule has 2 atom stereocenters. The average molecular weight is 1200 g/mol. The van der Waals surface area contributed by atoms with Gasteiger partial charge < -0.3 is 67.6 Å². The van der Waals surface area contributed by atoms with Crippen LogP contribution in [0.4, 0.5) is 35.4 Å². The van der Waals surface area contributed by atoms with Crippen molar-refractivity contribution in [3.8, 4) is 5.75 Å². The highest BCUT2D eigenvalue weighted by atomic mass is 127. The van der Waals surface area contributed by atoms with E-state index in [9.17, 15) is 33.2 Å². The third-order valence-corrected chi connectivity index (χ3v) is 12.0. The number of amides is 5. The number of carbonyl (C=O) groups is 6. The molecule has 1 fully saturated rings. The summed E-state index contributed by atoms with van der Waals surface area (Å²) >= 11 is 1.93. The molecule has 1 saturated heterocycles. The molecule has 0 saturated carbocycles. The topological polar surface area (TPSA) is 249 Å². The molecule has 75 heavy (non-hydrogen) atoms. The van der Waals surface area contributed by atoms with Gasteiger partial charge in [-0.05, 0) is 104 Å². The van der Waals surface area contributed by atoms with Gasteiger partial charge in [0.25, 0.3) is 18.7 Å². The van der Waals surface area contributed by atoms with Crippen LogP contribution in [0.5, 0.6) is 5.75 Å². The van der Waals surface area contributed by atoms with Crippen molar-refractivity contribution in [3.05, 3.63) is 65.3 Å². The number of pyridine rings is 1. The molecule has 5 amide bonds. The summed E-state index contributed by atoms with van der Waals surface area (Å²) in [6, 6.07) is 9.04. The monoisotopic (exact) mass is 1200 g/mol. The Kier molecular flexibility index (Phi) is 21.5. The van der Waals surface area contributed by atoms with Gasteiger partial charge in [0.1, 0.15) is 58.5 Å².